The average Bonchev–Trinajstić information content (AvgIpc) is 2.43. The Morgan fingerprint density at radius 1 is 1.05 bits per heavy atom. The molecule has 0 aromatic heterocycles. The summed E-state index contributed by atoms with van der Waals surface area (Å²) >= 11 is 0. The van der Waals surface area contributed by atoms with Crippen LogP contribution < -0.4 is 0 Å². The lowest BCUT2D eigenvalue weighted by atomic mass is 10.1. The second-order valence-electron chi connectivity index (χ2n) is 6.28. The van der Waals surface area contributed by atoms with Crippen LogP contribution in [0.2, 0.25) is 19.6 Å². The topological polar surface area (TPSA) is 12.4 Å². The van der Waals surface area contributed by atoms with E-state index in [0.29, 0.717) is 11.3 Å². The molecule has 0 fully saturated rings. The summed E-state index contributed by atoms with van der Waals surface area (Å²) in [6.07, 6.45) is 0. The van der Waals surface area contributed by atoms with E-state index in [4.69, 9.17) is 0 Å². The van der Waals surface area contributed by atoms with E-state index in [1.165, 1.54) is 6.07 Å². The molecular weight excluding hydrogens is 289 g/mol. The second-order valence-corrected chi connectivity index (χ2v) is 11.0. The van der Waals surface area contributed by atoms with Crippen LogP contribution in [0.3, 0.4) is 0 Å². The summed E-state index contributed by atoms with van der Waals surface area (Å²) in [5.74, 6) is 2.81. The normalized spacial score (nSPS) is 11.8. The molecule has 0 radical (unpaired) electrons. The molecular formula is C19H20FNSi. The van der Waals surface area contributed by atoms with Crippen molar-refractivity contribution in [3.63, 3.8) is 0 Å². The van der Waals surface area contributed by atoms with Crippen molar-refractivity contribution in [1.82, 2.24) is 0 Å². The molecule has 0 aliphatic carbocycles. The van der Waals surface area contributed by atoms with E-state index in [0.717, 1.165) is 11.3 Å². The van der Waals surface area contributed by atoms with Crippen LogP contribution in [-0.4, -0.2) is 13.8 Å². The molecule has 2 aromatic carbocycles. The molecule has 0 atom stereocenters. The molecule has 0 bridgehead atoms. The lowest BCUT2D eigenvalue weighted by Gasteiger charge is -2.06. The molecule has 0 aliphatic rings. The van der Waals surface area contributed by atoms with Crippen LogP contribution in [-0.2, 0) is 0 Å². The van der Waals surface area contributed by atoms with E-state index in [1.54, 1.807) is 18.2 Å². The van der Waals surface area contributed by atoms with Gasteiger partial charge in [-0.3, -0.25) is 0 Å². The summed E-state index contributed by atoms with van der Waals surface area (Å²) in [5, 5.41) is 0. The summed E-state index contributed by atoms with van der Waals surface area (Å²) in [5.41, 5.74) is 6.13. The summed E-state index contributed by atoms with van der Waals surface area (Å²) in [6, 6.07) is 14.5. The molecule has 1 nitrogen and oxygen atoms in total. The van der Waals surface area contributed by atoms with Gasteiger partial charge < -0.3 is 0 Å². The van der Waals surface area contributed by atoms with Crippen LogP contribution in [0, 0.1) is 24.2 Å². The zero-order valence-corrected chi connectivity index (χ0v) is 14.4. The summed E-state index contributed by atoms with van der Waals surface area (Å²) in [6.45, 7) is 8.48. The molecule has 22 heavy (non-hydrogen) atoms. The number of hydrogen-bond acceptors (Lipinski definition) is 1. The molecule has 2 aromatic rings. The van der Waals surface area contributed by atoms with Crippen molar-refractivity contribution < 1.29 is 4.39 Å². The second kappa shape index (κ2) is 6.72. The van der Waals surface area contributed by atoms with Crippen molar-refractivity contribution in [1.29, 1.82) is 0 Å². The van der Waals surface area contributed by atoms with Gasteiger partial charge in [0.05, 0.1) is 5.69 Å². The number of rotatable bonds is 2. The summed E-state index contributed by atoms with van der Waals surface area (Å²) < 4.78 is 14.1. The Kier molecular flexibility index (Phi) is 4.94. The average molecular weight is 309 g/mol. The highest BCUT2D eigenvalue weighted by molar-refractivity contribution is 6.84. The maximum atomic E-state index is 14.1. The largest absolute Gasteiger partial charge is 0.239 e. The van der Waals surface area contributed by atoms with Gasteiger partial charge in [0.15, 0.2) is 0 Å². The molecule has 0 amide bonds. The Balaban J connectivity index is 2.55. The predicted octanol–water partition coefficient (Wildman–Crippen LogP) is 5.14. The number of hydrogen-bond donors (Lipinski definition) is 0. The fraction of sp³-hybridized carbons (Fsp3) is 0.211. The monoisotopic (exact) mass is 309 g/mol. The molecule has 0 saturated heterocycles. The van der Waals surface area contributed by atoms with Gasteiger partial charge in [-0.1, -0.05) is 49.8 Å². The van der Waals surface area contributed by atoms with Gasteiger partial charge in [0.2, 0.25) is 0 Å². The smallest absolute Gasteiger partial charge is 0.133 e. The van der Waals surface area contributed by atoms with Gasteiger partial charge in [-0.15, -0.1) is 5.54 Å². The van der Waals surface area contributed by atoms with Crippen LogP contribution in [0.1, 0.15) is 11.1 Å². The quantitative estimate of drug-likeness (QED) is 0.414. The van der Waals surface area contributed by atoms with Crippen LogP contribution in [0.5, 0.6) is 0 Å². The van der Waals surface area contributed by atoms with E-state index in [2.05, 4.69) is 36.1 Å². The van der Waals surface area contributed by atoms with Crippen LogP contribution in [0.15, 0.2) is 53.5 Å². The number of halogens is 1. The Morgan fingerprint density at radius 2 is 1.77 bits per heavy atom. The SMILES string of the molecule is Cc1cccc(N=C(C#C[Si](C)(C)C)c2ccccc2F)c1. The van der Waals surface area contributed by atoms with Gasteiger partial charge in [-0.25, -0.2) is 9.38 Å². The fourth-order valence-corrected chi connectivity index (χ4v) is 2.38. The summed E-state index contributed by atoms with van der Waals surface area (Å²) in [4.78, 5) is 4.58. The third-order valence-corrected chi connectivity index (χ3v) is 3.80. The number of aliphatic imine (C=N–C) groups is 1. The van der Waals surface area contributed by atoms with Crippen molar-refractivity contribution >= 4 is 19.5 Å². The third-order valence-electron chi connectivity index (χ3n) is 2.93. The Bertz CT molecular complexity index is 761. The van der Waals surface area contributed by atoms with Crippen molar-refractivity contribution in [3.05, 3.63) is 65.5 Å². The fourth-order valence-electron chi connectivity index (χ4n) is 1.88. The number of benzene rings is 2. The molecule has 0 saturated carbocycles. The van der Waals surface area contributed by atoms with E-state index in [-0.39, 0.29) is 5.82 Å². The van der Waals surface area contributed by atoms with Gasteiger partial charge in [0, 0.05) is 5.56 Å². The van der Waals surface area contributed by atoms with Gasteiger partial charge >= 0.3 is 0 Å². The van der Waals surface area contributed by atoms with Gasteiger partial charge in [0.25, 0.3) is 0 Å². The summed E-state index contributed by atoms with van der Waals surface area (Å²) in [7, 11) is -1.56. The first-order valence-corrected chi connectivity index (χ1v) is 10.8. The number of aryl methyl sites for hydroxylation is 1. The van der Waals surface area contributed by atoms with Gasteiger partial charge in [0.1, 0.15) is 19.6 Å². The first-order valence-electron chi connectivity index (χ1n) is 7.28. The van der Waals surface area contributed by atoms with E-state index < -0.39 is 8.07 Å². The highest BCUT2D eigenvalue weighted by Crippen LogP contribution is 2.17. The minimum atomic E-state index is -1.56. The molecule has 0 heterocycles. The van der Waals surface area contributed by atoms with Crippen LogP contribution >= 0.6 is 0 Å². The molecule has 112 valence electrons. The Labute approximate surface area is 132 Å². The molecule has 0 N–H and O–H groups in total. The van der Waals surface area contributed by atoms with E-state index in [1.807, 2.05) is 31.2 Å². The molecule has 0 spiro atoms. The highest BCUT2D eigenvalue weighted by Gasteiger charge is 2.11. The van der Waals surface area contributed by atoms with Crippen molar-refractivity contribution in [3.8, 4) is 11.5 Å². The maximum Gasteiger partial charge on any atom is 0.133 e. The van der Waals surface area contributed by atoms with E-state index >= 15 is 0 Å². The predicted molar refractivity (Wildman–Crippen MR) is 94.9 cm³/mol. The van der Waals surface area contributed by atoms with Crippen LogP contribution in [0.4, 0.5) is 10.1 Å². The molecule has 2 rings (SSSR count). The van der Waals surface area contributed by atoms with Crippen molar-refractivity contribution in [2.24, 2.45) is 4.99 Å². The Hall–Kier alpha value is -2.18. The zero-order valence-electron chi connectivity index (χ0n) is 13.4. The molecule has 3 heteroatoms. The van der Waals surface area contributed by atoms with E-state index in [9.17, 15) is 4.39 Å². The zero-order chi connectivity index (χ0) is 16.2. The first kappa shape index (κ1) is 16.2. The third kappa shape index (κ3) is 4.68. The maximum absolute atomic E-state index is 14.1. The van der Waals surface area contributed by atoms with Crippen molar-refractivity contribution in [2.45, 2.75) is 26.6 Å². The lowest BCUT2D eigenvalue weighted by Crippen LogP contribution is -2.17. The standard InChI is InChI=1S/C19H20FNSi/c1-15-8-7-9-16(14-15)21-19(12-13-22(2,3)4)17-10-5-6-11-18(17)20/h5-11,14H,1-4H3. The lowest BCUT2D eigenvalue weighted by molar-refractivity contribution is 0.625. The van der Waals surface area contributed by atoms with Gasteiger partial charge in [-0.05, 0) is 36.8 Å². The van der Waals surface area contributed by atoms with Gasteiger partial charge in [-0.2, -0.15) is 0 Å². The van der Waals surface area contributed by atoms with Crippen molar-refractivity contribution in [2.75, 3.05) is 0 Å². The molecule has 0 aliphatic heterocycles. The highest BCUT2D eigenvalue weighted by atomic mass is 28.3. The number of nitrogens with zero attached hydrogens (tertiary/aromatic N) is 1. The first-order chi connectivity index (χ1) is 10.3. The molecule has 0 unspecified atom stereocenters. The van der Waals surface area contributed by atoms with Crippen LogP contribution in [0.25, 0.3) is 0 Å². The Morgan fingerprint density at radius 3 is 2.41 bits per heavy atom. The minimum absolute atomic E-state index is 0.293. The minimum Gasteiger partial charge on any atom is -0.239 e.